The second-order valence-electron chi connectivity index (χ2n) is 6.15. The van der Waals surface area contributed by atoms with Crippen LogP contribution < -0.4 is 10.6 Å². The zero-order valence-corrected chi connectivity index (χ0v) is 15.4. The molecule has 3 amide bonds. The van der Waals surface area contributed by atoms with Crippen molar-refractivity contribution in [2.24, 2.45) is 0 Å². The van der Waals surface area contributed by atoms with Gasteiger partial charge in [-0.3, -0.25) is 15.0 Å². The van der Waals surface area contributed by atoms with E-state index in [1.54, 1.807) is 11.8 Å². The van der Waals surface area contributed by atoms with Crippen LogP contribution in [-0.2, 0) is 11.3 Å². The zero-order chi connectivity index (χ0) is 18.4. The number of anilines is 1. The molecule has 1 atom stereocenters. The van der Waals surface area contributed by atoms with Gasteiger partial charge in [-0.2, -0.15) is 0 Å². The molecule has 1 aromatic heterocycles. The standard InChI is InChI=1S/C17H22N6O2S/c1-13(15(24)20-16-21-18-12-26-16)19-17(25)23-9-7-22(8-10-23)11-14-5-3-2-4-6-14/h2-6,12-13H,7-11H2,1H3,(H,19,25)(H,20,21,24)/t13-/m0/s1. The van der Waals surface area contributed by atoms with Gasteiger partial charge in [0.05, 0.1) is 0 Å². The van der Waals surface area contributed by atoms with Crippen molar-refractivity contribution in [2.75, 3.05) is 31.5 Å². The van der Waals surface area contributed by atoms with Gasteiger partial charge in [-0.15, -0.1) is 10.2 Å². The van der Waals surface area contributed by atoms with Crippen LogP contribution >= 0.6 is 11.3 Å². The highest BCUT2D eigenvalue weighted by Gasteiger charge is 2.24. The molecule has 138 valence electrons. The maximum absolute atomic E-state index is 12.4. The number of urea groups is 1. The summed E-state index contributed by atoms with van der Waals surface area (Å²) in [4.78, 5) is 28.5. The van der Waals surface area contributed by atoms with Gasteiger partial charge in [-0.25, -0.2) is 4.79 Å². The number of amides is 3. The number of benzene rings is 1. The Bertz CT molecular complexity index is 716. The van der Waals surface area contributed by atoms with Crippen LogP contribution in [-0.4, -0.2) is 64.2 Å². The third-order valence-electron chi connectivity index (χ3n) is 4.23. The summed E-state index contributed by atoms with van der Waals surface area (Å²) < 4.78 is 0. The molecule has 2 aromatic rings. The third kappa shape index (κ3) is 4.99. The highest BCUT2D eigenvalue weighted by Crippen LogP contribution is 2.10. The van der Waals surface area contributed by atoms with Crippen molar-refractivity contribution in [1.82, 2.24) is 25.3 Å². The second-order valence-corrected chi connectivity index (χ2v) is 6.99. The number of carbonyl (C=O) groups is 2. The Hall–Kier alpha value is -2.52. The van der Waals surface area contributed by atoms with Crippen molar-refractivity contribution < 1.29 is 9.59 Å². The number of carbonyl (C=O) groups excluding carboxylic acids is 2. The number of rotatable bonds is 5. The Balaban J connectivity index is 1.42. The van der Waals surface area contributed by atoms with E-state index >= 15 is 0 Å². The van der Waals surface area contributed by atoms with E-state index in [1.807, 2.05) is 18.2 Å². The van der Waals surface area contributed by atoms with E-state index in [2.05, 4.69) is 37.9 Å². The first-order valence-corrected chi connectivity index (χ1v) is 9.38. The summed E-state index contributed by atoms with van der Waals surface area (Å²) in [6, 6.07) is 9.43. The summed E-state index contributed by atoms with van der Waals surface area (Å²) in [5.74, 6) is -0.308. The zero-order valence-electron chi connectivity index (χ0n) is 14.6. The summed E-state index contributed by atoms with van der Waals surface area (Å²) >= 11 is 1.23. The number of piperazine rings is 1. The molecule has 3 rings (SSSR count). The largest absolute Gasteiger partial charge is 0.326 e. The monoisotopic (exact) mass is 374 g/mol. The van der Waals surface area contributed by atoms with Crippen LogP contribution in [0, 0.1) is 0 Å². The molecular formula is C17H22N6O2S. The molecular weight excluding hydrogens is 352 g/mol. The maximum atomic E-state index is 12.4. The molecule has 1 aromatic carbocycles. The van der Waals surface area contributed by atoms with Crippen LogP contribution in [0.3, 0.4) is 0 Å². The number of hydrogen-bond donors (Lipinski definition) is 2. The molecule has 0 unspecified atom stereocenters. The first-order valence-electron chi connectivity index (χ1n) is 8.50. The molecule has 26 heavy (non-hydrogen) atoms. The minimum absolute atomic E-state index is 0.218. The third-order valence-corrected chi connectivity index (χ3v) is 4.84. The fourth-order valence-corrected chi connectivity index (χ4v) is 3.18. The number of nitrogens with zero attached hydrogens (tertiary/aromatic N) is 4. The van der Waals surface area contributed by atoms with Gasteiger partial charge in [0.1, 0.15) is 11.6 Å². The van der Waals surface area contributed by atoms with Crippen molar-refractivity contribution in [1.29, 1.82) is 0 Å². The first kappa shape index (κ1) is 18.3. The lowest BCUT2D eigenvalue weighted by Gasteiger charge is -2.35. The SMILES string of the molecule is C[C@H](NC(=O)N1CCN(Cc2ccccc2)CC1)C(=O)Nc1nncs1. The van der Waals surface area contributed by atoms with Crippen LogP contribution in [0.2, 0.25) is 0 Å². The van der Waals surface area contributed by atoms with Gasteiger partial charge < -0.3 is 10.2 Å². The Morgan fingerprint density at radius 3 is 2.58 bits per heavy atom. The van der Waals surface area contributed by atoms with Gasteiger partial charge >= 0.3 is 6.03 Å². The first-order chi connectivity index (χ1) is 12.6. The van der Waals surface area contributed by atoms with E-state index < -0.39 is 6.04 Å². The van der Waals surface area contributed by atoms with Crippen LogP contribution in [0.5, 0.6) is 0 Å². The van der Waals surface area contributed by atoms with Crippen LogP contribution in [0.15, 0.2) is 35.8 Å². The van der Waals surface area contributed by atoms with Gasteiger partial charge in [0.2, 0.25) is 11.0 Å². The number of aromatic nitrogens is 2. The lowest BCUT2D eigenvalue weighted by molar-refractivity contribution is -0.117. The molecule has 1 fully saturated rings. The maximum Gasteiger partial charge on any atom is 0.318 e. The summed E-state index contributed by atoms with van der Waals surface area (Å²) in [5, 5.41) is 13.2. The summed E-state index contributed by atoms with van der Waals surface area (Å²) in [6.07, 6.45) is 0. The van der Waals surface area contributed by atoms with Gasteiger partial charge in [0.25, 0.3) is 0 Å². The fourth-order valence-electron chi connectivity index (χ4n) is 2.73. The molecule has 0 radical (unpaired) electrons. The van der Waals surface area contributed by atoms with E-state index in [9.17, 15) is 9.59 Å². The van der Waals surface area contributed by atoms with E-state index in [1.165, 1.54) is 22.4 Å². The molecule has 1 saturated heterocycles. The predicted octanol–water partition coefficient (Wildman–Crippen LogP) is 1.39. The van der Waals surface area contributed by atoms with Crippen molar-refractivity contribution in [3.05, 3.63) is 41.4 Å². The molecule has 1 aliphatic rings. The number of nitrogens with one attached hydrogen (secondary N) is 2. The second kappa shape index (κ2) is 8.72. The van der Waals surface area contributed by atoms with Crippen molar-refractivity contribution in [2.45, 2.75) is 19.5 Å². The van der Waals surface area contributed by atoms with Crippen LogP contribution in [0.25, 0.3) is 0 Å². The summed E-state index contributed by atoms with van der Waals surface area (Å²) in [7, 11) is 0. The molecule has 0 bridgehead atoms. The Kier molecular flexibility index (Phi) is 6.13. The van der Waals surface area contributed by atoms with E-state index in [-0.39, 0.29) is 11.9 Å². The van der Waals surface area contributed by atoms with Crippen LogP contribution in [0.4, 0.5) is 9.93 Å². The Labute approximate surface area is 156 Å². The van der Waals surface area contributed by atoms with Gasteiger partial charge in [-0.1, -0.05) is 41.7 Å². The van der Waals surface area contributed by atoms with Crippen molar-refractivity contribution >= 4 is 28.4 Å². The minimum Gasteiger partial charge on any atom is -0.326 e. The molecule has 0 aliphatic carbocycles. The molecule has 0 spiro atoms. The Morgan fingerprint density at radius 1 is 1.19 bits per heavy atom. The van der Waals surface area contributed by atoms with E-state index in [4.69, 9.17) is 0 Å². The van der Waals surface area contributed by atoms with Crippen LogP contribution in [0.1, 0.15) is 12.5 Å². The smallest absolute Gasteiger partial charge is 0.318 e. The number of hydrogen-bond acceptors (Lipinski definition) is 6. The van der Waals surface area contributed by atoms with Gasteiger partial charge in [0, 0.05) is 32.7 Å². The lowest BCUT2D eigenvalue weighted by atomic mass is 10.2. The van der Waals surface area contributed by atoms with Gasteiger partial charge in [-0.05, 0) is 12.5 Å². The molecule has 9 heteroatoms. The molecule has 2 N–H and O–H groups in total. The average Bonchev–Trinajstić information content (AvgIpc) is 3.16. The highest BCUT2D eigenvalue weighted by molar-refractivity contribution is 7.13. The van der Waals surface area contributed by atoms with Gasteiger partial charge in [0.15, 0.2) is 0 Å². The predicted molar refractivity (Wildman–Crippen MR) is 99.8 cm³/mol. The topological polar surface area (TPSA) is 90.5 Å². The molecule has 8 nitrogen and oxygen atoms in total. The summed E-state index contributed by atoms with van der Waals surface area (Å²) in [5.41, 5.74) is 2.81. The van der Waals surface area contributed by atoms with E-state index in [0.717, 1.165) is 19.6 Å². The fraction of sp³-hybridized carbons (Fsp3) is 0.412. The molecule has 0 saturated carbocycles. The van der Waals surface area contributed by atoms with E-state index in [0.29, 0.717) is 18.2 Å². The highest BCUT2D eigenvalue weighted by atomic mass is 32.1. The Morgan fingerprint density at radius 2 is 1.92 bits per heavy atom. The average molecular weight is 374 g/mol. The van der Waals surface area contributed by atoms with Crippen molar-refractivity contribution in [3.63, 3.8) is 0 Å². The quantitative estimate of drug-likeness (QED) is 0.825. The molecule has 2 heterocycles. The van der Waals surface area contributed by atoms with Crippen molar-refractivity contribution in [3.8, 4) is 0 Å². The minimum atomic E-state index is -0.645. The normalized spacial score (nSPS) is 16.1. The molecule has 1 aliphatic heterocycles. The lowest BCUT2D eigenvalue weighted by Crippen LogP contribution is -2.54. The summed E-state index contributed by atoms with van der Waals surface area (Å²) in [6.45, 7) is 5.45.